The maximum absolute atomic E-state index is 11.6. The third-order valence-electron chi connectivity index (χ3n) is 2.02. The summed E-state index contributed by atoms with van der Waals surface area (Å²) >= 11 is 0. The van der Waals surface area contributed by atoms with Crippen LogP contribution in [0.5, 0.6) is 0 Å². The molecule has 0 amide bonds. The number of carbonyl (C=O) groups excluding carboxylic acids is 1. The Bertz CT molecular complexity index is 530. The predicted octanol–water partition coefficient (Wildman–Crippen LogP) is 0.597. The van der Waals surface area contributed by atoms with E-state index in [0.717, 1.165) is 0 Å². The summed E-state index contributed by atoms with van der Waals surface area (Å²) in [6.07, 6.45) is 0. The van der Waals surface area contributed by atoms with Gasteiger partial charge in [0.2, 0.25) is 15.3 Å². The van der Waals surface area contributed by atoms with Crippen LogP contribution in [0.15, 0.2) is 30.3 Å². The highest BCUT2D eigenvalue weighted by atomic mass is 32.2. The van der Waals surface area contributed by atoms with Crippen molar-refractivity contribution in [3.63, 3.8) is 0 Å². The topological polar surface area (TPSA) is 92.7 Å². The summed E-state index contributed by atoms with van der Waals surface area (Å²) in [6, 6.07) is 7.00. The molecular formula is C11H13NO5S. The van der Waals surface area contributed by atoms with Crippen LogP contribution in [0.1, 0.15) is 6.92 Å². The van der Waals surface area contributed by atoms with Crippen molar-refractivity contribution in [3.8, 4) is 0 Å². The monoisotopic (exact) mass is 271 g/mol. The summed E-state index contributed by atoms with van der Waals surface area (Å²) < 4.78 is 26.1. The Balaban J connectivity index is 2.99. The fourth-order valence-electron chi connectivity index (χ4n) is 1.24. The number of aliphatic hydroxyl groups is 1. The van der Waals surface area contributed by atoms with Crippen LogP contribution in [0.3, 0.4) is 0 Å². The molecule has 6 nitrogen and oxygen atoms in total. The lowest BCUT2D eigenvalue weighted by atomic mass is 10.2. The molecular weight excluding hydrogens is 258 g/mol. The molecule has 0 radical (unpaired) electrons. The third-order valence-corrected chi connectivity index (χ3v) is 2.60. The summed E-state index contributed by atoms with van der Waals surface area (Å²) in [5.74, 6) is -0.858. The number of hydrogen-bond donors (Lipinski definition) is 2. The Morgan fingerprint density at radius 1 is 1.39 bits per heavy atom. The molecule has 0 bridgehead atoms. The van der Waals surface area contributed by atoms with Gasteiger partial charge in [-0.15, -0.1) is 0 Å². The maximum atomic E-state index is 11.6. The molecule has 0 unspecified atom stereocenters. The SMILES string of the molecule is CCOC(=O)[C@@H](Nc1ccccc1)C(O)=S(=O)=O. The van der Waals surface area contributed by atoms with Crippen LogP contribution in [0.25, 0.3) is 0 Å². The van der Waals surface area contributed by atoms with E-state index in [0.29, 0.717) is 5.69 Å². The van der Waals surface area contributed by atoms with Crippen molar-refractivity contribution < 1.29 is 23.1 Å². The highest BCUT2D eigenvalue weighted by Crippen LogP contribution is 2.08. The molecule has 0 heterocycles. The third kappa shape index (κ3) is 3.86. The largest absolute Gasteiger partial charge is 0.464 e. The molecule has 0 saturated heterocycles. The van der Waals surface area contributed by atoms with Crippen LogP contribution in [0.2, 0.25) is 0 Å². The molecule has 98 valence electrons. The maximum Gasteiger partial charge on any atom is 0.336 e. The lowest BCUT2D eigenvalue weighted by molar-refractivity contribution is -0.142. The average Bonchev–Trinajstić information content (AvgIpc) is 2.36. The van der Waals surface area contributed by atoms with E-state index in [9.17, 15) is 18.3 Å². The van der Waals surface area contributed by atoms with Crippen molar-refractivity contribution in [1.82, 2.24) is 0 Å². The Morgan fingerprint density at radius 3 is 2.50 bits per heavy atom. The van der Waals surface area contributed by atoms with E-state index in [1.165, 1.54) is 0 Å². The van der Waals surface area contributed by atoms with Gasteiger partial charge < -0.3 is 15.2 Å². The van der Waals surface area contributed by atoms with E-state index >= 15 is 0 Å². The molecule has 7 heteroatoms. The van der Waals surface area contributed by atoms with Gasteiger partial charge in [0.25, 0.3) is 0 Å². The Hall–Kier alpha value is -1.86. The van der Waals surface area contributed by atoms with Gasteiger partial charge in [0.05, 0.1) is 6.61 Å². The molecule has 0 fully saturated rings. The molecule has 0 aliphatic carbocycles. The zero-order chi connectivity index (χ0) is 13.5. The second-order valence-corrected chi connectivity index (χ2v) is 4.16. The molecule has 1 rings (SSSR count). The molecule has 0 aliphatic rings. The summed E-state index contributed by atoms with van der Waals surface area (Å²) in [7, 11) is -2.88. The highest BCUT2D eigenvalue weighted by Gasteiger charge is 2.25. The zero-order valence-electron chi connectivity index (χ0n) is 9.66. The van der Waals surface area contributed by atoms with Crippen LogP contribution in [-0.2, 0) is 19.8 Å². The van der Waals surface area contributed by atoms with Crippen molar-refractivity contribution in [2.24, 2.45) is 0 Å². The van der Waals surface area contributed by atoms with Gasteiger partial charge in [0.15, 0.2) is 6.04 Å². The molecule has 0 spiro atoms. The molecule has 0 aromatic heterocycles. The number of hydrogen-bond acceptors (Lipinski definition) is 5. The van der Waals surface area contributed by atoms with Gasteiger partial charge in [-0.3, -0.25) is 0 Å². The van der Waals surface area contributed by atoms with Crippen LogP contribution in [0.4, 0.5) is 5.69 Å². The number of aliphatic hydroxyl groups excluding tert-OH is 1. The minimum absolute atomic E-state index is 0.0879. The number of ether oxygens (including phenoxy) is 1. The highest BCUT2D eigenvalue weighted by molar-refractivity contribution is 7.72. The number of esters is 1. The summed E-state index contributed by atoms with van der Waals surface area (Å²) in [5.41, 5.74) is 0.493. The van der Waals surface area contributed by atoms with Crippen LogP contribution < -0.4 is 5.32 Å². The second kappa shape index (κ2) is 6.77. The Labute approximate surface area is 106 Å². The van der Waals surface area contributed by atoms with Gasteiger partial charge in [0, 0.05) is 5.69 Å². The van der Waals surface area contributed by atoms with Gasteiger partial charge in [0.1, 0.15) is 0 Å². The first kappa shape index (κ1) is 14.2. The van der Waals surface area contributed by atoms with Crippen molar-refractivity contribution in [1.29, 1.82) is 0 Å². The molecule has 2 N–H and O–H groups in total. The van der Waals surface area contributed by atoms with Gasteiger partial charge in [-0.2, -0.15) is 8.42 Å². The molecule has 18 heavy (non-hydrogen) atoms. The summed E-state index contributed by atoms with van der Waals surface area (Å²) in [4.78, 5) is 11.6. The lowest BCUT2D eigenvalue weighted by Crippen LogP contribution is -2.39. The standard InChI is InChI=1S/C11H13NO5S/c1-2-17-10(13)9(11(14)18(15)16)12-8-6-4-3-5-7-8/h3-7,9,12,14H,2H2,1H3/t9-/m1/s1. The molecule has 0 aliphatic heterocycles. The summed E-state index contributed by atoms with van der Waals surface area (Å²) in [6.45, 7) is 1.67. The van der Waals surface area contributed by atoms with Gasteiger partial charge in [-0.05, 0) is 19.1 Å². The number of nitrogens with one attached hydrogen (secondary N) is 1. The number of anilines is 1. The predicted molar refractivity (Wildman–Crippen MR) is 67.0 cm³/mol. The number of benzene rings is 1. The zero-order valence-corrected chi connectivity index (χ0v) is 10.5. The fourth-order valence-corrected chi connectivity index (χ4v) is 1.59. The van der Waals surface area contributed by atoms with Crippen molar-refractivity contribution in [2.75, 3.05) is 11.9 Å². The van der Waals surface area contributed by atoms with Crippen molar-refractivity contribution in [2.45, 2.75) is 13.0 Å². The van der Waals surface area contributed by atoms with Crippen LogP contribution >= 0.6 is 0 Å². The Kier molecular flexibility index (Phi) is 5.34. The Morgan fingerprint density at radius 2 is 2.00 bits per heavy atom. The number of carbonyl (C=O) groups is 1. The smallest absolute Gasteiger partial charge is 0.336 e. The van der Waals surface area contributed by atoms with E-state index in [1.54, 1.807) is 37.3 Å². The van der Waals surface area contributed by atoms with Gasteiger partial charge >= 0.3 is 5.97 Å². The number of para-hydroxylation sites is 1. The van der Waals surface area contributed by atoms with E-state index in [4.69, 9.17) is 4.74 Å². The minimum Gasteiger partial charge on any atom is -0.464 e. The number of rotatable bonds is 5. The fraction of sp³-hybridized carbons (Fsp3) is 0.273. The van der Waals surface area contributed by atoms with Crippen LogP contribution in [0, 0.1) is 0 Å². The van der Waals surface area contributed by atoms with Gasteiger partial charge in [-0.1, -0.05) is 18.2 Å². The van der Waals surface area contributed by atoms with E-state index in [2.05, 4.69) is 5.32 Å². The molecule has 1 atom stereocenters. The normalized spacial score (nSPS) is 11.4. The second-order valence-electron chi connectivity index (χ2n) is 3.27. The summed E-state index contributed by atoms with van der Waals surface area (Å²) in [5, 5.41) is 11.0. The molecule has 1 aromatic rings. The van der Waals surface area contributed by atoms with E-state index in [1.807, 2.05) is 0 Å². The van der Waals surface area contributed by atoms with E-state index < -0.39 is 27.4 Å². The quantitative estimate of drug-likeness (QED) is 0.601. The molecule has 0 saturated carbocycles. The average molecular weight is 271 g/mol. The molecule has 1 aromatic carbocycles. The van der Waals surface area contributed by atoms with Crippen LogP contribution in [-0.4, -0.2) is 37.2 Å². The lowest BCUT2D eigenvalue weighted by Gasteiger charge is -2.15. The van der Waals surface area contributed by atoms with Gasteiger partial charge in [-0.25, -0.2) is 4.79 Å². The van der Waals surface area contributed by atoms with Crippen molar-refractivity contribution in [3.05, 3.63) is 30.3 Å². The first-order valence-corrected chi connectivity index (χ1v) is 6.27. The first-order valence-electron chi connectivity index (χ1n) is 5.19. The first-order chi connectivity index (χ1) is 8.56. The van der Waals surface area contributed by atoms with Crippen molar-refractivity contribution >= 4 is 27.0 Å². The minimum atomic E-state index is -2.88. The van der Waals surface area contributed by atoms with E-state index in [-0.39, 0.29) is 6.61 Å².